The smallest absolute Gasteiger partial charge is 0.161 e. The Balaban J connectivity index is 1.25. The van der Waals surface area contributed by atoms with Gasteiger partial charge in [0, 0.05) is 81.3 Å². The van der Waals surface area contributed by atoms with Crippen molar-refractivity contribution in [3.8, 4) is 33.4 Å². The summed E-state index contributed by atoms with van der Waals surface area (Å²) in [4.78, 5) is 18.3. The van der Waals surface area contributed by atoms with E-state index in [1.165, 1.54) is 0 Å². The predicted octanol–water partition coefficient (Wildman–Crippen LogP) is 8.07. The molecule has 0 radical (unpaired) electrons. The third-order valence-corrected chi connectivity index (χ3v) is 6.95. The van der Waals surface area contributed by atoms with Crippen molar-refractivity contribution in [1.82, 2.24) is 19.9 Å². The summed E-state index contributed by atoms with van der Waals surface area (Å²) in [5.41, 5.74) is 10.5. The van der Waals surface area contributed by atoms with Crippen molar-refractivity contribution < 1.29 is 8.83 Å². The van der Waals surface area contributed by atoms with Crippen molar-refractivity contribution in [2.24, 2.45) is 0 Å². The lowest BCUT2D eigenvalue weighted by Crippen LogP contribution is -1.88. The molecule has 6 aromatic heterocycles. The maximum Gasteiger partial charge on any atom is 0.161 e. The number of rotatable bonds is 3. The van der Waals surface area contributed by atoms with Gasteiger partial charge in [-0.2, -0.15) is 0 Å². The second kappa shape index (κ2) is 8.08. The van der Waals surface area contributed by atoms with E-state index in [-0.39, 0.29) is 0 Å². The predicted molar refractivity (Wildman–Crippen MR) is 148 cm³/mol. The second-order valence-corrected chi connectivity index (χ2v) is 9.19. The van der Waals surface area contributed by atoms with E-state index in [1.807, 2.05) is 97.8 Å². The van der Waals surface area contributed by atoms with Crippen LogP contribution < -0.4 is 0 Å². The van der Waals surface area contributed by atoms with Gasteiger partial charge in [-0.25, -0.2) is 0 Å². The monoisotopic (exact) mass is 490 g/mol. The minimum atomic E-state index is 0.753. The molecule has 6 heteroatoms. The fraction of sp³-hybridized carbons (Fsp3) is 0. The van der Waals surface area contributed by atoms with E-state index < -0.39 is 0 Å². The molecule has 0 saturated carbocycles. The Morgan fingerprint density at radius 3 is 1.42 bits per heavy atom. The van der Waals surface area contributed by atoms with Crippen LogP contribution in [0.5, 0.6) is 0 Å². The number of fused-ring (bicyclic) bond motifs is 6. The average molecular weight is 491 g/mol. The van der Waals surface area contributed by atoms with E-state index in [2.05, 4.69) is 32.1 Å². The third kappa shape index (κ3) is 3.14. The van der Waals surface area contributed by atoms with Crippen molar-refractivity contribution >= 4 is 44.1 Å². The Bertz CT molecular complexity index is 2000. The molecule has 0 N–H and O–H groups in total. The zero-order valence-corrected chi connectivity index (χ0v) is 20.0. The van der Waals surface area contributed by atoms with Gasteiger partial charge in [0.1, 0.15) is 22.2 Å². The first-order valence-corrected chi connectivity index (χ1v) is 12.3. The quantitative estimate of drug-likeness (QED) is 0.249. The number of pyridine rings is 4. The standard InChI is InChI=1S/C32H18N4O2/c1-3-7-27-25(5-1)29-31(37-27)23(9-11-35-29)21-13-19(15-33-17-21)20-14-22(18-34-16-20)24-10-12-36-30-26-6-2-4-8-28(26)38-32(24)30/h1-18H. The molecule has 178 valence electrons. The summed E-state index contributed by atoms with van der Waals surface area (Å²) in [6.07, 6.45) is 11.0. The first kappa shape index (κ1) is 20.8. The molecule has 6 heterocycles. The summed E-state index contributed by atoms with van der Waals surface area (Å²) in [5.74, 6) is 0. The molecule has 0 unspecified atom stereocenters. The molecule has 0 spiro atoms. The molecule has 0 aliphatic rings. The molecule has 0 amide bonds. The van der Waals surface area contributed by atoms with Crippen LogP contribution in [0.15, 0.2) is 119 Å². The zero-order chi connectivity index (χ0) is 25.1. The fourth-order valence-corrected chi connectivity index (χ4v) is 5.15. The van der Waals surface area contributed by atoms with Crippen molar-refractivity contribution in [2.45, 2.75) is 0 Å². The number of hydrogen-bond acceptors (Lipinski definition) is 6. The maximum absolute atomic E-state index is 6.21. The van der Waals surface area contributed by atoms with Crippen molar-refractivity contribution in [3.63, 3.8) is 0 Å². The molecule has 0 bridgehead atoms. The van der Waals surface area contributed by atoms with Crippen LogP contribution >= 0.6 is 0 Å². The lowest BCUT2D eigenvalue weighted by atomic mass is 10.00. The SMILES string of the molecule is c1ccc2c(c1)oc1c(-c3cncc(-c4cncc(-c5ccnc6c5oc5ccccc56)c4)c3)ccnc12. The van der Waals surface area contributed by atoms with Crippen molar-refractivity contribution in [2.75, 3.05) is 0 Å². The number of aromatic nitrogens is 4. The maximum atomic E-state index is 6.21. The lowest BCUT2D eigenvalue weighted by Gasteiger charge is -2.08. The van der Waals surface area contributed by atoms with Gasteiger partial charge in [-0.05, 0) is 48.5 Å². The summed E-state index contributed by atoms with van der Waals surface area (Å²) in [6.45, 7) is 0. The summed E-state index contributed by atoms with van der Waals surface area (Å²) >= 11 is 0. The van der Waals surface area contributed by atoms with Gasteiger partial charge in [0.05, 0.1) is 0 Å². The highest BCUT2D eigenvalue weighted by Gasteiger charge is 2.16. The zero-order valence-electron chi connectivity index (χ0n) is 20.0. The molecule has 2 aromatic carbocycles. The molecule has 0 atom stereocenters. The highest BCUT2D eigenvalue weighted by atomic mass is 16.3. The molecule has 0 fully saturated rings. The largest absolute Gasteiger partial charge is 0.454 e. The van der Waals surface area contributed by atoms with Gasteiger partial charge in [-0.3, -0.25) is 19.9 Å². The Hall–Kier alpha value is -5.36. The summed E-state index contributed by atoms with van der Waals surface area (Å²) in [7, 11) is 0. The van der Waals surface area contributed by atoms with E-state index in [0.717, 1.165) is 77.5 Å². The minimum Gasteiger partial charge on any atom is -0.454 e. The topological polar surface area (TPSA) is 77.8 Å². The number of furan rings is 2. The van der Waals surface area contributed by atoms with Gasteiger partial charge in [-0.1, -0.05) is 24.3 Å². The van der Waals surface area contributed by atoms with E-state index in [0.29, 0.717) is 0 Å². The van der Waals surface area contributed by atoms with Crippen molar-refractivity contribution in [1.29, 1.82) is 0 Å². The van der Waals surface area contributed by atoms with Crippen LogP contribution in [0.3, 0.4) is 0 Å². The van der Waals surface area contributed by atoms with Crippen LogP contribution in [0, 0.1) is 0 Å². The van der Waals surface area contributed by atoms with Crippen LogP contribution in [0.2, 0.25) is 0 Å². The molecule has 0 aliphatic heterocycles. The Morgan fingerprint density at radius 1 is 0.474 bits per heavy atom. The molecule has 0 aliphatic carbocycles. The fourth-order valence-electron chi connectivity index (χ4n) is 5.15. The normalized spacial score (nSPS) is 11.7. The highest BCUT2D eigenvalue weighted by molar-refractivity contribution is 6.08. The molecule has 8 aromatic rings. The number of hydrogen-bond donors (Lipinski definition) is 0. The van der Waals surface area contributed by atoms with Gasteiger partial charge in [-0.15, -0.1) is 0 Å². The Morgan fingerprint density at radius 2 is 0.921 bits per heavy atom. The molecule has 8 rings (SSSR count). The first-order valence-electron chi connectivity index (χ1n) is 12.3. The van der Waals surface area contributed by atoms with Gasteiger partial charge in [0.15, 0.2) is 11.2 Å². The number of benzene rings is 2. The molecular formula is C32H18N4O2. The van der Waals surface area contributed by atoms with Gasteiger partial charge in [0.2, 0.25) is 0 Å². The van der Waals surface area contributed by atoms with Crippen LogP contribution in [0.1, 0.15) is 0 Å². The second-order valence-electron chi connectivity index (χ2n) is 9.19. The van der Waals surface area contributed by atoms with Crippen LogP contribution in [-0.4, -0.2) is 19.9 Å². The summed E-state index contributed by atoms with van der Waals surface area (Å²) in [6, 6.07) is 24.1. The van der Waals surface area contributed by atoms with Gasteiger partial charge < -0.3 is 8.83 Å². The Kier molecular flexibility index (Phi) is 4.42. The lowest BCUT2D eigenvalue weighted by molar-refractivity contribution is 0.669. The highest BCUT2D eigenvalue weighted by Crippen LogP contribution is 2.37. The Labute approximate surface area is 216 Å². The van der Waals surface area contributed by atoms with Crippen LogP contribution in [0.25, 0.3) is 77.5 Å². The molecule has 0 saturated heterocycles. The molecule has 6 nitrogen and oxygen atoms in total. The van der Waals surface area contributed by atoms with E-state index in [1.54, 1.807) is 0 Å². The summed E-state index contributed by atoms with van der Waals surface area (Å²) in [5, 5.41) is 2.00. The van der Waals surface area contributed by atoms with E-state index in [9.17, 15) is 0 Å². The number of para-hydroxylation sites is 2. The number of nitrogens with zero attached hydrogens (tertiary/aromatic N) is 4. The van der Waals surface area contributed by atoms with Crippen LogP contribution in [0.4, 0.5) is 0 Å². The average Bonchev–Trinajstić information content (AvgIpc) is 3.56. The van der Waals surface area contributed by atoms with Crippen LogP contribution in [-0.2, 0) is 0 Å². The van der Waals surface area contributed by atoms with Crippen molar-refractivity contribution in [3.05, 3.63) is 110 Å². The third-order valence-electron chi connectivity index (χ3n) is 6.95. The van der Waals surface area contributed by atoms with E-state index in [4.69, 9.17) is 8.83 Å². The van der Waals surface area contributed by atoms with Gasteiger partial charge in [0.25, 0.3) is 0 Å². The minimum absolute atomic E-state index is 0.753. The summed E-state index contributed by atoms with van der Waals surface area (Å²) < 4.78 is 12.4. The first-order chi connectivity index (χ1) is 18.8. The van der Waals surface area contributed by atoms with Gasteiger partial charge >= 0.3 is 0 Å². The molecular weight excluding hydrogens is 472 g/mol. The van der Waals surface area contributed by atoms with E-state index >= 15 is 0 Å². The molecule has 38 heavy (non-hydrogen) atoms.